The minimum atomic E-state index is -0.361. The van der Waals surface area contributed by atoms with Crippen LogP contribution in [0.5, 0.6) is 5.75 Å². The maximum Gasteiger partial charge on any atom is 0.324 e. The Kier molecular flexibility index (Phi) is 5.52. The Morgan fingerprint density at radius 2 is 1.94 bits per heavy atom. The SMILES string of the molecule is CC(C)(C)c1cc(NC(=O)Nc2ccc(-n3cnc4cc(OCC#N)ccc43)cc2)[nH]n1. The van der Waals surface area contributed by atoms with Gasteiger partial charge in [0.25, 0.3) is 0 Å². The molecule has 2 aromatic carbocycles. The monoisotopic (exact) mass is 429 g/mol. The molecule has 2 amide bonds. The van der Waals surface area contributed by atoms with Crippen molar-refractivity contribution in [2.24, 2.45) is 0 Å². The van der Waals surface area contributed by atoms with Crippen molar-refractivity contribution in [3.63, 3.8) is 0 Å². The molecule has 2 heterocycles. The van der Waals surface area contributed by atoms with E-state index in [-0.39, 0.29) is 18.1 Å². The molecule has 162 valence electrons. The molecule has 0 saturated carbocycles. The molecular weight excluding hydrogens is 406 g/mol. The smallest absolute Gasteiger partial charge is 0.324 e. The van der Waals surface area contributed by atoms with Crippen molar-refractivity contribution >= 4 is 28.6 Å². The van der Waals surface area contributed by atoms with Gasteiger partial charge in [-0.15, -0.1) is 0 Å². The van der Waals surface area contributed by atoms with Gasteiger partial charge in [-0.05, 0) is 36.4 Å². The molecule has 32 heavy (non-hydrogen) atoms. The van der Waals surface area contributed by atoms with Crippen molar-refractivity contribution in [3.05, 3.63) is 60.6 Å². The second-order valence-electron chi connectivity index (χ2n) is 8.25. The average Bonchev–Trinajstić information content (AvgIpc) is 3.39. The fourth-order valence-corrected chi connectivity index (χ4v) is 3.16. The standard InChI is InChI=1S/C23H23N7O2/c1-23(2,3)20-13-21(29-28-20)27-22(31)26-15-4-6-16(7-5-15)30-14-25-18-12-17(32-11-10-24)8-9-19(18)30/h4-9,12-14H,11H2,1-3H3,(H3,26,27,28,29,31). The lowest BCUT2D eigenvalue weighted by Crippen LogP contribution is -2.19. The number of benzene rings is 2. The Labute approximate surface area is 185 Å². The van der Waals surface area contributed by atoms with Gasteiger partial charge in [0.2, 0.25) is 0 Å². The molecule has 0 atom stereocenters. The number of carbonyl (C=O) groups is 1. The Morgan fingerprint density at radius 1 is 1.16 bits per heavy atom. The van der Waals surface area contributed by atoms with Gasteiger partial charge in [0.1, 0.15) is 24.0 Å². The summed E-state index contributed by atoms with van der Waals surface area (Å²) in [5, 5.41) is 21.3. The summed E-state index contributed by atoms with van der Waals surface area (Å²) in [5.41, 5.74) is 3.98. The number of rotatable bonds is 5. The maximum atomic E-state index is 12.3. The van der Waals surface area contributed by atoms with Crippen LogP contribution >= 0.6 is 0 Å². The van der Waals surface area contributed by atoms with E-state index in [2.05, 4.69) is 46.6 Å². The Hall–Kier alpha value is -4.32. The Bertz CT molecular complexity index is 1290. The number of urea groups is 1. The molecule has 4 rings (SSSR count). The van der Waals surface area contributed by atoms with Crippen molar-refractivity contribution in [1.82, 2.24) is 19.7 Å². The van der Waals surface area contributed by atoms with Crippen LogP contribution in [0.15, 0.2) is 54.9 Å². The first-order valence-electron chi connectivity index (χ1n) is 10.0. The lowest BCUT2D eigenvalue weighted by Gasteiger charge is -2.13. The molecule has 0 aliphatic carbocycles. The fraction of sp³-hybridized carbons (Fsp3) is 0.217. The summed E-state index contributed by atoms with van der Waals surface area (Å²) < 4.78 is 7.27. The van der Waals surface area contributed by atoms with Gasteiger partial charge >= 0.3 is 6.03 Å². The zero-order valence-electron chi connectivity index (χ0n) is 18.0. The van der Waals surface area contributed by atoms with Crippen LogP contribution in [-0.4, -0.2) is 32.4 Å². The van der Waals surface area contributed by atoms with Crippen LogP contribution in [0, 0.1) is 11.3 Å². The molecule has 0 fully saturated rings. The predicted molar refractivity (Wildman–Crippen MR) is 122 cm³/mol. The van der Waals surface area contributed by atoms with Crippen LogP contribution < -0.4 is 15.4 Å². The number of H-pyrrole nitrogens is 1. The van der Waals surface area contributed by atoms with Crippen LogP contribution in [0.4, 0.5) is 16.3 Å². The van der Waals surface area contributed by atoms with Crippen molar-refractivity contribution < 1.29 is 9.53 Å². The number of hydrogen-bond acceptors (Lipinski definition) is 5. The summed E-state index contributed by atoms with van der Waals surface area (Å²) in [5.74, 6) is 1.13. The van der Waals surface area contributed by atoms with E-state index in [4.69, 9.17) is 10.00 Å². The number of aromatic amines is 1. The lowest BCUT2D eigenvalue weighted by molar-refractivity contribution is 0.262. The molecule has 0 saturated heterocycles. The number of nitriles is 1. The number of aromatic nitrogens is 4. The molecule has 3 N–H and O–H groups in total. The van der Waals surface area contributed by atoms with Crippen molar-refractivity contribution in [2.75, 3.05) is 17.2 Å². The second-order valence-corrected chi connectivity index (χ2v) is 8.25. The zero-order chi connectivity index (χ0) is 22.7. The third kappa shape index (κ3) is 4.54. The molecular formula is C23H23N7O2. The number of fused-ring (bicyclic) bond motifs is 1. The van der Waals surface area contributed by atoms with Gasteiger partial charge in [-0.2, -0.15) is 10.4 Å². The van der Waals surface area contributed by atoms with E-state index in [9.17, 15) is 4.79 Å². The van der Waals surface area contributed by atoms with Gasteiger partial charge in [-0.1, -0.05) is 20.8 Å². The van der Waals surface area contributed by atoms with Crippen LogP contribution in [0.25, 0.3) is 16.7 Å². The topological polar surface area (TPSA) is 121 Å². The summed E-state index contributed by atoms with van der Waals surface area (Å²) >= 11 is 0. The van der Waals surface area contributed by atoms with Gasteiger partial charge in [0.05, 0.1) is 16.7 Å². The number of nitrogens with one attached hydrogen (secondary N) is 3. The number of ether oxygens (including phenoxy) is 1. The normalized spacial score (nSPS) is 11.2. The molecule has 4 aromatic rings. The van der Waals surface area contributed by atoms with Gasteiger partial charge < -0.3 is 10.1 Å². The van der Waals surface area contributed by atoms with Crippen molar-refractivity contribution in [2.45, 2.75) is 26.2 Å². The van der Waals surface area contributed by atoms with Crippen molar-refractivity contribution in [1.29, 1.82) is 5.26 Å². The van der Waals surface area contributed by atoms with E-state index in [0.29, 0.717) is 17.3 Å². The maximum absolute atomic E-state index is 12.3. The first-order chi connectivity index (χ1) is 15.3. The number of anilines is 2. The predicted octanol–water partition coefficient (Wildman–Crippen LogP) is 4.59. The quantitative estimate of drug-likeness (QED) is 0.428. The molecule has 0 aliphatic heterocycles. The summed E-state index contributed by atoms with van der Waals surface area (Å²) in [6.07, 6.45) is 1.72. The third-order valence-electron chi connectivity index (χ3n) is 4.82. The summed E-state index contributed by atoms with van der Waals surface area (Å²) in [4.78, 5) is 16.7. The summed E-state index contributed by atoms with van der Waals surface area (Å²) in [7, 11) is 0. The molecule has 0 unspecified atom stereocenters. The van der Waals surface area contributed by atoms with Gasteiger partial charge in [0, 0.05) is 28.9 Å². The molecule has 0 spiro atoms. The van der Waals surface area contributed by atoms with E-state index in [1.807, 2.05) is 47.0 Å². The molecule has 9 nitrogen and oxygen atoms in total. The molecule has 2 aromatic heterocycles. The zero-order valence-corrected chi connectivity index (χ0v) is 18.0. The van der Waals surface area contributed by atoms with Crippen molar-refractivity contribution in [3.8, 4) is 17.5 Å². The van der Waals surface area contributed by atoms with Gasteiger partial charge in [-0.3, -0.25) is 15.0 Å². The number of imidazole rings is 1. The molecule has 9 heteroatoms. The third-order valence-corrected chi connectivity index (χ3v) is 4.82. The Balaban J connectivity index is 1.43. The van der Waals surface area contributed by atoms with Crippen LogP contribution in [-0.2, 0) is 5.41 Å². The number of nitrogens with zero attached hydrogens (tertiary/aromatic N) is 4. The Morgan fingerprint density at radius 3 is 2.62 bits per heavy atom. The van der Waals surface area contributed by atoms with Crippen LogP contribution in [0.2, 0.25) is 0 Å². The summed E-state index contributed by atoms with van der Waals surface area (Å²) in [6.45, 7) is 6.16. The van der Waals surface area contributed by atoms with E-state index < -0.39 is 0 Å². The molecule has 0 radical (unpaired) electrons. The van der Waals surface area contributed by atoms with E-state index in [1.54, 1.807) is 18.5 Å². The fourth-order valence-electron chi connectivity index (χ4n) is 3.16. The molecule has 0 bridgehead atoms. The number of carbonyl (C=O) groups excluding carboxylic acids is 1. The minimum absolute atomic E-state index is 0.00756. The van der Waals surface area contributed by atoms with Crippen LogP contribution in [0.1, 0.15) is 26.5 Å². The average molecular weight is 429 g/mol. The lowest BCUT2D eigenvalue weighted by atomic mass is 9.92. The van der Waals surface area contributed by atoms with Crippen LogP contribution in [0.3, 0.4) is 0 Å². The minimum Gasteiger partial charge on any atom is -0.479 e. The van der Waals surface area contributed by atoms with Gasteiger partial charge in [0.15, 0.2) is 6.61 Å². The van der Waals surface area contributed by atoms with E-state index in [1.165, 1.54) is 0 Å². The summed E-state index contributed by atoms with van der Waals surface area (Å²) in [6, 6.07) is 16.3. The second kappa shape index (κ2) is 8.43. The first-order valence-corrected chi connectivity index (χ1v) is 10.0. The van der Waals surface area contributed by atoms with Gasteiger partial charge in [-0.25, -0.2) is 9.78 Å². The first kappa shape index (κ1) is 20.9. The highest BCUT2D eigenvalue weighted by molar-refractivity contribution is 5.99. The largest absolute Gasteiger partial charge is 0.479 e. The highest BCUT2D eigenvalue weighted by Crippen LogP contribution is 2.24. The molecule has 0 aliphatic rings. The highest BCUT2D eigenvalue weighted by Gasteiger charge is 2.18. The highest BCUT2D eigenvalue weighted by atomic mass is 16.5. The van der Waals surface area contributed by atoms with E-state index >= 15 is 0 Å². The number of amides is 2. The number of hydrogen-bond donors (Lipinski definition) is 3. The van der Waals surface area contributed by atoms with E-state index in [0.717, 1.165) is 22.4 Å².